The van der Waals surface area contributed by atoms with E-state index in [-0.39, 0.29) is 16.1 Å². The molecule has 1 atom stereocenters. The van der Waals surface area contributed by atoms with Crippen LogP contribution in [0.25, 0.3) is 0 Å². The summed E-state index contributed by atoms with van der Waals surface area (Å²) in [6.07, 6.45) is 3.67. The number of hydrogen-bond donors (Lipinski definition) is 1. The summed E-state index contributed by atoms with van der Waals surface area (Å²) in [6, 6.07) is 6.57. The number of pyridine rings is 1. The van der Waals surface area contributed by atoms with Crippen LogP contribution in [0.2, 0.25) is 10.0 Å². The number of hydrogen-bond acceptors (Lipinski definition) is 2. The van der Waals surface area contributed by atoms with Crippen LogP contribution in [0.4, 0.5) is 10.1 Å². The third-order valence-electron chi connectivity index (χ3n) is 3.28. The maximum absolute atomic E-state index is 13.2. The van der Waals surface area contributed by atoms with Gasteiger partial charge < -0.3 is 5.32 Å². The predicted molar refractivity (Wildman–Crippen MR) is 75.3 cm³/mol. The lowest BCUT2D eigenvalue weighted by molar-refractivity contribution is 0.628. The van der Waals surface area contributed by atoms with E-state index in [1.54, 1.807) is 6.20 Å². The van der Waals surface area contributed by atoms with Crippen molar-refractivity contribution in [2.24, 2.45) is 0 Å². The first-order valence-corrected chi connectivity index (χ1v) is 6.75. The van der Waals surface area contributed by atoms with Gasteiger partial charge in [0.1, 0.15) is 5.82 Å². The molecule has 1 aromatic carbocycles. The zero-order valence-electron chi connectivity index (χ0n) is 9.96. The maximum Gasteiger partial charge on any atom is 0.126 e. The molecule has 5 heteroatoms. The van der Waals surface area contributed by atoms with E-state index in [9.17, 15) is 4.39 Å². The molecule has 0 saturated heterocycles. The lowest BCUT2D eigenvalue weighted by Gasteiger charge is -2.17. The summed E-state index contributed by atoms with van der Waals surface area (Å²) < 4.78 is 13.2. The van der Waals surface area contributed by atoms with Crippen molar-refractivity contribution in [3.05, 3.63) is 57.6 Å². The molecule has 1 unspecified atom stereocenters. The molecule has 98 valence electrons. The fourth-order valence-corrected chi connectivity index (χ4v) is 2.98. The Morgan fingerprint density at radius 3 is 2.74 bits per heavy atom. The van der Waals surface area contributed by atoms with E-state index in [1.165, 1.54) is 17.7 Å². The van der Waals surface area contributed by atoms with Gasteiger partial charge in [0.05, 0.1) is 27.5 Å². The Bertz CT molecular complexity index is 608. The highest BCUT2D eigenvalue weighted by molar-refractivity contribution is 6.39. The lowest BCUT2D eigenvalue weighted by atomic mass is 10.2. The van der Waals surface area contributed by atoms with Crippen LogP contribution in [0.3, 0.4) is 0 Å². The molecule has 19 heavy (non-hydrogen) atoms. The molecule has 1 aliphatic rings. The van der Waals surface area contributed by atoms with Crippen molar-refractivity contribution >= 4 is 28.9 Å². The predicted octanol–water partition coefficient (Wildman–Crippen LogP) is 4.63. The Kier molecular flexibility index (Phi) is 3.33. The van der Waals surface area contributed by atoms with Crippen LogP contribution >= 0.6 is 23.2 Å². The van der Waals surface area contributed by atoms with Crippen LogP contribution in [0.15, 0.2) is 30.5 Å². The zero-order chi connectivity index (χ0) is 13.4. The molecule has 2 nitrogen and oxygen atoms in total. The molecule has 0 radical (unpaired) electrons. The van der Waals surface area contributed by atoms with Gasteiger partial charge in [-0.2, -0.15) is 0 Å². The molecule has 0 bridgehead atoms. The summed E-state index contributed by atoms with van der Waals surface area (Å²) in [6.45, 7) is 0. The van der Waals surface area contributed by atoms with E-state index >= 15 is 0 Å². The second kappa shape index (κ2) is 4.99. The molecule has 1 heterocycles. The van der Waals surface area contributed by atoms with Gasteiger partial charge in [0.15, 0.2) is 0 Å². The average Bonchev–Trinajstić information content (AvgIpc) is 2.77. The first kappa shape index (κ1) is 12.7. The van der Waals surface area contributed by atoms with E-state index < -0.39 is 5.82 Å². The Labute approximate surface area is 120 Å². The summed E-state index contributed by atoms with van der Waals surface area (Å²) in [5.41, 5.74) is 2.81. The van der Waals surface area contributed by atoms with Gasteiger partial charge in [0.25, 0.3) is 0 Å². The number of nitrogens with one attached hydrogen (secondary N) is 1. The highest BCUT2D eigenvalue weighted by Crippen LogP contribution is 2.38. The Hall–Kier alpha value is -1.32. The molecule has 0 amide bonds. The van der Waals surface area contributed by atoms with E-state index in [1.807, 2.05) is 6.07 Å². The summed E-state index contributed by atoms with van der Waals surface area (Å²) in [4.78, 5) is 4.39. The Morgan fingerprint density at radius 2 is 2.00 bits per heavy atom. The van der Waals surface area contributed by atoms with Crippen LogP contribution in [-0.2, 0) is 6.42 Å². The molecule has 1 N–H and O–H groups in total. The first-order valence-electron chi connectivity index (χ1n) is 6.00. The average molecular weight is 297 g/mol. The summed E-state index contributed by atoms with van der Waals surface area (Å²) in [5, 5.41) is 3.84. The van der Waals surface area contributed by atoms with Crippen molar-refractivity contribution < 1.29 is 4.39 Å². The number of anilines is 1. The molecular formula is C14H11Cl2FN2. The van der Waals surface area contributed by atoms with E-state index in [4.69, 9.17) is 23.2 Å². The summed E-state index contributed by atoms with van der Waals surface area (Å²) >= 11 is 12.1. The van der Waals surface area contributed by atoms with Crippen molar-refractivity contribution in [3.63, 3.8) is 0 Å². The molecule has 2 aromatic rings. The van der Waals surface area contributed by atoms with Crippen LogP contribution in [0, 0.1) is 5.82 Å². The number of benzene rings is 1. The van der Waals surface area contributed by atoms with Crippen molar-refractivity contribution in [3.8, 4) is 0 Å². The maximum atomic E-state index is 13.2. The number of halogens is 3. The minimum Gasteiger partial charge on any atom is -0.374 e. The molecule has 0 fully saturated rings. The standard InChI is InChI=1S/C14H11Cl2FN2/c15-10-6-9(17)7-11(16)14(10)19-12-4-3-8-2-1-5-18-13(8)12/h1-2,5-7,12,19H,3-4H2. The number of fused-ring (bicyclic) bond motifs is 1. The van der Waals surface area contributed by atoms with Crippen LogP contribution < -0.4 is 5.32 Å². The van der Waals surface area contributed by atoms with E-state index in [0.29, 0.717) is 5.69 Å². The highest BCUT2D eigenvalue weighted by atomic mass is 35.5. The number of aromatic nitrogens is 1. The Morgan fingerprint density at radius 1 is 1.26 bits per heavy atom. The second-order valence-electron chi connectivity index (χ2n) is 4.53. The van der Waals surface area contributed by atoms with Crippen LogP contribution in [0.5, 0.6) is 0 Å². The first-order chi connectivity index (χ1) is 9.15. The minimum atomic E-state index is -0.439. The number of rotatable bonds is 2. The summed E-state index contributed by atoms with van der Waals surface area (Å²) in [7, 11) is 0. The molecule has 1 aromatic heterocycles. The molecule has 0 saturated carbocycles. The number of aryl methyl sites for hydroxylation is 1. The molecule has 1 aliphatic carbocycles. The quantitative estimate of drug-likeness (QED) is 0.874. The van der Waals surface area contributed by atoms with Crippen molar-refractivity contribution in [1.82, 2.24) is 4.98 Å². The largest absolute Gasteiger partial charge is 0.374 e. The minimum absolute atomic E-state index is 0.0664. The fraction of sp³-hybridized carbons (Fsp3) is 0.214. The third kappa shape index (κ3) is 2.40. The zero-order valence-corrected chi connectivity index (χ0v) is 11.5. The van der Waals surface area contributed by atoms with Crippen LogP contribution in [0.1, 0.15) is 23.7 Å². The van der Waals surface area contributed by atoms with Gasteiger partial charge in [-0.3, -0.25) is 4.98 Å². The second-order valence-corrected chi connectivity index (χ2v) is 5.34. The van der Waals surface area contributed by atoms with Gasteiger partial charge >= 0.3 is 0 Å². The Balaban J connectivity index is 1.92. The molecule has 0 spiro atoms. The normalized spacial score (nSPS) is 17.3. The lowest BCUT2D eigenvalue weighted by Crippen LogP contribution is -2.09. The summed E-state index contributed by atoms with van der Waals surface area (Å²) in [5.74, 6) is -0.439. The van der Waals surface area contributed by atoms with Gasteiger partial charge in [0, 0.05) is 6.20 Å². The number of nitrogens with zero attached hydrogens (tertiary/aromatic N) is 1. The van der Waals surface area contributed by atoms with Crippen molar-refractivity contribution in [1.29, 1.82) is 0 Å². The van der Waals surface area contributed by atoms with E-state index in [2.05, 4.69) is 16.4 Å². The van der Waals surface area contributed by atoms with Crippen molar-refractivity contribution in [2.45, 2.75) is 18.9 Å². The van der Waals surface area contributed by atoms with Gasteiger partial charge in [0.2, 0.25) is 0 Å². The molecule has 3 rings (SSSR count). The smallest absolute Gasteiger partial charge is 0.126 e. The third-order valence-corrected chi connectivity index (χ3v) is 3.88. The van der Waals surface area contributed by atoms with Gasteiger partial charge in [-0.15, -0.1) is 0 Å². The van der Waals surface area contributed by atoms with Crippen LogP contribution in [-0.4, -0.2) is 4.98 Å². The highest BCUT2D eigenvalue weighted by Gasteiger charge is 2.24. The SMILES string of the molecule is Fc1cc(Cl)c(NC2CCc3cccnc32)c(Cl)c1. The van der Waals surface area contributed by atoms with E-state index in [0.717, 1.165) is 18.5 Å². The van der Waals surface area contributed by atoms with Gasteiger partial charge in [-0.25, -0.2) is 4.39 Å². The van der Waals surface area contributed by atoms with Crippen molar-refractivity contribution in [2.75, 3.05) is 5.32 Å². The molecule has 0 aliphatic heterocycles. The monoisotopic (exact) mass is 296 g/mol. The van der Waals surface area contributed by atoms with Gasteiger partial charge in [-0.1, -0.05) is 29.3 Å². The topological polar surface area (TPSA) is 24.9 Å². The van der Waals surface area contributed by atoms with Gasteiger partial charge in [-0.05, 0) is 36.6 Å². The molecular weight excluding hydrogens is 286 g/mol. The fourth-order valence-electron chi connectivity index (χ4n) is 2.41.